The van der Waals surface area contributed by atoms with Crippen LogP contribution in [0.2, 0.25) is 5.02 Å². The number of nitrogens with zero attached hydrogens (tertiary/aromatic N) is 1. The zero-order valence-electron chi connectivity index (χ0n) is 12.8. The predicted octanol–water partition coefficient (Wildman–Crippen LogP) is 4.75. The van der Waals surface area contributed by atoms with Crippen molar-refractivity contribution >= 4 is 29.5 Å². The van der Waals surface area contributed by atoms with E-state index in [1.807, 2.05) is 6.92 Å². The molecule has 0 aliphatic carbocycles. The van der Waals surface area contributed by atoms with Crippen molar-refractivity contribution in [3.8, 4) is 5.75 Å². The van der Waals surface area contributed by atoms with Gasteiger partial charge in [-0.3, -0.25) is 4.99 Å². The summed E-state index contributed by atoms with van der Waals surface area (Å²) in [7, 11) is 0. The fourth-order valence-corrected chi connectivity index (χ4v) is 2.03. The van der Waals surface area contributed by atoms with E-state index in [0.717, 1.165) is 12.8 Å². The zero-order chi connectivity index (χ0) is 16.7. The smallest absolute Gasteiger partial charge is 0.338 e. The van der Waals surface area contributed by atoms with Crippen molar-refractivity contribution in [3.63, 3.8) is 0 Å². The van der Waals surface area contributed by atoms with E-state index in [1.54, 1.807) is 36.4 Å². The highest BCUT2D eigenvalue weighted by Gasteiger charge is 2.06. The fourth-order valence-electron chi connectivity index (χ4n) is 1.85. The number of hydrogen-bond acceptors (Lipinski definition) is 4. The molecule has 2 rings (SSSR count). The number of aromatic hydroxyl groups is 1. The van der Waals surface area contributed by atoms with Gasteiger partial charge < -0.3 is 9.84 Å². The van der Waals surface area contributed by atoms with E-state index < -0.39 is 0 Å². The van der Waals surface area contributed by atoms with E-state index in [4.69, 9.17) is 16.3 Å². The van der Waals surface area contributed by atoms with Crippen molar-refractivity contribution in [2.75, 3.05) is 6.61 Å². The predicted molar refractivity (Wildman–Crippen MR) is 92.0 cm³/mol. The molecule has 5 heteroatoms. The van der Waals surface area contributed by atoms with Gasteiger partial charge in [0, 0.05) is 16.8 Å². The number of carbonyl (C=O) groups is 1. The van der Waals surface area contributed by atoms with Gasteiger partial charge >= 0.3 is 5.97 Å². The van der Waals surface area contributed by atoms with Crippen molar-refractivity contribution in [1.29, 1.82) is 0 Å². The van der Waals surface area contributed by atoms with Gasteiger partial charge in [0.05, 0.1) is 17.9 Å². The molecule has 2 aromatic rings. The van der Waals surface area contributed by atoms with Gasteiger partial charge in [-0.1, -0.05) is 24.9 Å². The molecule has 0 aliphatic rings. The lowest BCUT2D eigenvalue weighted by molar-refractivity contribution is 0.0500. The maximum Gasteiger partial charge on any atom is 0.338 e. The number of benzene rings is 2. The Morgan fingerprint density at radius 2 is 2.00 bits per heavy atom. The van der Waals surface area contributed by atoms with E-state index >= 15 is 0 Å². The Bertz CT molecular complexity index is 696. The molecule has 0 fully saturated rings. The van der Waals surface area contributed by atoms with Crippen LogP contribution in [0.3, 0.4) is 0 Å². The Labute approximate surface area is 140 Å². The van der Waals surface area contributed by atoms with Crippen LogP contribution in [0.25, 0.3) is 0 Å². The largest absolute Gasteiger partial charge is 0.507 e. The molecule has 0 radical (unpaired) electrons. The molecule has 0 atom stereocenters. The molecule has 0 amide bonds. The highest BCUT2D eigenvalue weighted by Crippen LogP contribution is 2.21. The van der Waals surface area contributed by atoms with Crippen LogP contribution in [-0.4, -0.2) is 23.9 Å². The van der Waals surface area contributed by atoms with Gasteiger partial charge in [0.1, 0.15) is 5.75 Å². The summed E-state index contributed by atoms with van der Waals surface area (Å²) in [5.74, 6) is -0.226. The van der Waals surface area contributed by atoms with E-state index in [0.29, 0.717) is 28.4 Å². The van der Waals surface area contributed by atoms with Crippen molar-refractivity contribution in [1.82, 2.24) is 0 Å². The average Bonchev–Trinajstić information content (AvgIpc) is 2.56. The van der Waals surface area contributed by atoms with E-state index in [2.05, 4.69) is 4.99 Å². The van der Waals surface area contributed by atoms with Crippen LogP contribution < -0.4 is 0 Å². The van der Waals surface area contributed by atoms with Crippen LogP contribution in [0.4, 0.5) is 5.69 Å². The van der Waals surface area contributed by atoms with Crippen molar-refractivity contribution in [3.05, 3.63) is 58.6 Å². The number of esters is 1. The lowest BCUT2D eigenvalue weighted by atomic mass is 10.2. The Hall–Kier alpha value is -2.33. The van der Waals surface area contributed by atoms with E-state index in [9.17, 15) is 9.90 Å². The molecular weight excluding hydrogens is 314 g/mol. The number of ether oxygens (including phenoxy) is 1. The second kappa shape index (κ2) is 8.34. The molecule has 0 aromatic heterocycles. The van der Waals surface area contributed by atoms with Crippen LogP contribution in [-0.2, 0) is 4.74 Å². The van der Waals surface area contributed by atoms with Gasteiger partial charge in [0.2, 0.25) is 0 Å². The van der Waals surface area contributed by atoms with Crippen LogP contribution >= 0.6 is 11.6 Å². The number of phenols is 1. The first-order valence-corrected chi connectivity index (χ1v) is 7.77. The molecule has 0 unspecified atom stereocenters. The molecule has 0 saturated heterocycles. The van der Waals surface area contributed by atoms with Crippen LogP contribution in [0.5, 0.6) is 5.75 Å². The summed E-state index contributed by atoms with van der Waals surface area (Å²) in [4.78, 5) is 16.0. The van der Waals surface area contributed by atoms with Gasteiger partial charge in [-0.15, -0.1) is 0 Å². The van der Waals surface area contributed by atoms with E-state index in [1.165, 1.54) is 12.3 Å². The molecule has 0 spiro atoms. The van der Waals surface area contributed by atoms with Gasteiger partial charge in [-0.25, -0.2) is 4.79 Å². The summed E-state index contributed by atoms with van der Waals surface area (Å²) in [5, 5.41) is 10.2. The third-order valence-corrected chi connectivity index (χ3v) is 3.41. The molecule has 0 aliphatic heterocycles. The highest BCUT2D eigenvalue weighted by molar-refractivity contribution is 6.30. The lowest BCUT2D eigenvalue weighted by Gasteiger charge is -2.04. The summed E-state index contributed by atoms with van der Waals surface area (Å²) in [5.41, 5.74) is 1.68. The Morgan fingerprint density at radius 1 is 1.26 bits per heavy atom. The normalized spacial score (nSPS) is 10.9. The number of phenolic OH excluding ortho intramolecular Hbond substituents is 1. The standard InChI is InChI=1S/C18H18ClNO3/c1-2-3-10-23-18(22)13-4-7-16(8-5-13)20-12-14-11-15(19)6-9-17(14)21/h4-9,11-12,21H,2-3,10H2,1H3. The maximum atomic E-state index is 11.8. The number of rotatable bonds is 6. The minimum Gasteiger partial charge on any atom is -0.507 e. The Morgan fingerprint density at radius 3 is 2.70 bits per heavy atom. The Kier molecular flexibility index (Phi) is 6.18. The van der Waals surface area contributed by atoms with Crippen LogP contribution in [0.1, 0.15) is 35.7 Å². The van der Waals surface area contributed by atoms with Gasteiger partial charge in [-0.2, -0.15) is 0 Å². The first kappa shape index (κ1) is 17.0. The number of aliphatic imine (C=N–C) groups is 1. The molecule has 1 N–H and O–H groups in total. The molecule has 4 nitrogen and oxygen atoms in total. The first-order valence-electron chi connectivity index (χ1n) is 7.40. The van der Waals surface area contributed by atoms with Crippen LogP contribution in [0.15, 0.2) is 47.5 Å². The number of unbranched alkanes of at least 4 members (excludes halogenated alkanes) is 1. The summed E-state index contributed by atoms with van der Waals surface area (Å²) in [6.07, 6.45) is 3.37. The summed E-state index contributed by atoms with van der Waals surface area (Å²) in [6.45, 7) is 2.47. The lowest BCUT2D eigenvalue weighted by Crippen LogP contribution is -2.05. The van der Waals surface area contributed by atoms with Gasteiger partial charge in [0.25, 0.3) is 0 Å². The first-order chi connectivity index (χ1) is 11.1. The van der Waals surface area contributed by atoms with E-state index in [-0.39, 0.29) is 11.7 Å². The third kappa shape index (κ3) is 5.11. The summed E-state index contributed by atoms with van der Waals surface area (Å²) >= 11 is 5.88. The third-order valence-electron chi connectivity index (χ3n) is 3.18. The second-order valence-electron chi connectivity index (χ2n) is 5.00. The fraction of sp³-hybridized carbons (Fsp3) is 0.222. The highest BCUT2D eigenvalue weighted by atomic mass is 35.5. The van der Waals surface area contributed by atoms with Gasteiger partial charge in [0.15, 0.2) is 0 Å². The molecule has 0 bridgehead atoms. The number of carbonyl (C=O) groups excluding carboxylic acids is 1. The quantitative estimate of drug-likeness (QED) is 0.472. The second-order valence-corrected chi connectivity index (χ2v) is 5.43. The zero-order valence-corrected chi connectivity index (χ0v) is 13.6. The minimum absolute atomic E-state index is 0.106. The monoisotopic (exact) mass is 331 g/mol. The molecule has 120 valence electrons. The maximum absolute atomic E-state index is 11.8. The summed E-state index contributed by atoms with van der Waals surface area (Å²) < 4.78 is 5.14. The molecule has 2 aromatic carbocycles. The van der Waals surface area contributed by atoms with Crippen molar-refractivity contribution in [2.45, 2.75) is 19.8 Å². The van der Waals surface area contributed by atoms with Gasteiger partial charge in [-0.05, 0) is 48.9 Å². The molecule has 23 heavy (non-hydrogen) atoms. The molecule has 0 saturated carbocycles. The van der Waals surface area contributed by atoms with Crippen molar-refractivity contribution < 1.29 is 14.6 Å². The Balaban J connectivity index is 2.03. The van der Waals surface area contributed by atoms with Crippen molar-refractivity contribution in [2.24, 2.45) is 4.99 Å². The van der Waals surface area contributed by atoms with Crippen LogP contribution in [0, 0.1) is 0 Å². The number of halogens is 1. The number of hydrogen-bond donors (Lipinski definition) is 1. The topological polar surface area (TPSA) is 58.9 Å². The molecule has 0 heterocycles. The average molecular weight is 332 g/mol. The summed E-state index contributed by atoms with van der Waals surface area (Å²) in [6, 6.07) is 11.5. The minimum atomic E-state index is -0.332. The SMILES string of the molecule is CCCCOC(=O)c1ccc(N=Cc2cc(Cl)ccc2O)cc1. The molecular formula is C18H18ClNO3.